The predicted molar refractivity (Wildman–Crippen MR) is 232 cm³/mol. The number of fused-ring (bicyclic) bond motifs is 1. The number of anilines is 2. The van der Waals surface area contributed by atoms with Crippen LogP contribution in [0, 0.1) is 0 Å². The van der Waals surface area contributed by atoms with Crippen LogP contribution in [-0.4, -0.2) is 22.7 Å². The molecule has 0 aliphatic heterocycles. The second-order valence-corrected chi connectivity index (χ2v) is 14.5. The number of rotatable bonds is 12. The van der Waals surface area contributed by atoms with Gasteiger partial charge in [0.1, 0.15) is 16.5 Å². The number of hydrogen-bond donors (Lipinski definition) is 3. The van der Waals surface area contributed by atoms with Crippen LogP contribution in [0.5, 0.6) is 0 Å². The lowest BCUT2D eigenvalue weighted by molar-refractivity contribution is -0.116. The Morgan fingerprint density at radius 2 is 1.14 bits per heavy atom. The highest BCUT2D eigenvalue weighted by Crippen LogP contribution is 2.37. The fraction of sp³-hybridized carbons (Fsp3) is 0.0204. The molecule has 58 heavy (non-hydrogen) atoms. The SMILES string of the molecule is O=C(Nc1ccc(SC(C(=O)Nc2ccc(-c3nc4ccccc4o3)cc2)c2ccccc2)cc1)/C(=C/c1ccc(-c2ccccc2)cc1)NC(=O)c1ccccc1. The van der Waals surface area contributed by atoms with Gasteiger partial charge in [0.25, 0.3) is 11.8 Å². The third-order valence-electron chi connectivity index (χ3n) is 9.26. The fourth-order valence-electron chi connectivity index (χ4n) is 6.26. The number of carbonyl (C=O) groups is 3. The van der Waals surface area contributed by atoms with Crippen LogP contribution in [0.2, 0.25) is 0 Å². The van der Waals surface area contributed by atoms with Crippen LogP contribution < -0.4 is 16.0 Å². The van der Waals surface area contributed by atoms with Crippen molar-refractivity contribution in [3.8, 4) is 22.6 Å². The van der Waals surface area contributed by atoms with Gasteiger partial charge in [-0.05, 0) is 101 Å². The van der Waals surface area contributed by atoms with Crippen molar-refractivity contribution < 1.29 is 18.8 Å². The fourth-order valence-corrected chi connectivity index (χ4v) is 7.29. The summed E-state index contributed by atoms with van der Waals surface area (Å²) in [6.45, 7) is 0. The van der Waals surface area contributed by atoms with Crippen LogP contribution in [0.15, 0.2) is 203 Å². The Hall–Kier alpha value is -7.49. The molecule has 3 amide bonds. The highest BCUT2D eigenvalue weighted by atomic mass is 32.2. The average Bonchev–Trinajstić information content (AvgIpc) is 3.72. The van der Waals surface area contributed by atoms with E-state index in [1.165, 1.54) is 11.8 Å². The van der Waals surface area contributed by atoms with E-state index in [9.17, 15) is 14.4 Å². The zero-order chi connectivity index (χ0) is 39.7. The second-order valence-electron chi connectivity index (χ2n) is 13.3. The Labute approximate surface area is 339 Å². The quantitative estimate of drug-likeness (QED) is 0.0841. The number of nitrogens with zero attached hydrogens (tertiary/aromatic N) is 1. The van der Waals surface area contributed by atoms with Gasteiger partial charge < -0.3 is 20.4 Å². The minimum absolute atomic E-state index is 0.0856. The molecule has 0 saturated heterocycles. The van der Waals surface area contributed by atoms with Gasteiger partial charge in [0, 0.05) is 27.4 Å². The number of para-hydroxylation sites is 2. The summed E-state index contributed by atoms with van der Waals surface area (Å²) < 4.78 is 5.91. The molecular weight excluding hydrogens is 741 g/mol. The Kier molecular flexibility index (Phi) is 11.3. The van der Waals surface area contributed by atoms with Crippen molar-refractivity contribution in [2.45, 2.75) is 10.1 Å². The van der Waals surface area contributed by atoms with Crippen LogP contribution in [0.25, 0.3) is 39.8 Å². The van der Waals surface area contributed by atoms with Crippen molar-refractivity contribution >= 4 is 58.0 Å². The summed E-state index contributed by atoms with van der Waals surface area (Å²) in [5, 5.41) is 8.22. The molecule has 8 nitrogen and oxygen atoms in total. The summed E-state index contributed by atoms with van der Waals surface area (Å²) in [7, 11) is 0. The molecule has 8 aromatic rings. The van der Waals surface area contributed by atoms with E-state index in [-0.39, 0.29) is 11.6 Å². The first-order chi connectivity index (χ1) is 28.4. The Morgan fingerprint density at radius 1 is 0.569 bits per heavy atom. The van der Waals surface area contributed by atoms with Crippen LogP contribution >= 0.6 is 11.8 Å². The van der Waals surface area contributed by atoms with Gasteiger partial charge in [0.2, 0.25) is 11.8 Å². The second kappa shape index (κ2) is 17.5. The van der Waals surface area contributed by atoms with Gasteiger partial charge in [-0.25, -0.2) is 4.98 Å². The average molecular weight is 777 g/mol. The first kappa shape index (κ1) is 37.4. The first-order valence-electron chi connectivity index (χ1n) is 18.6. The highest BCUT2D eigenvalue weighted by Gasteiger charge is 2.23. The molecule has 1 heterocycles. The standard InChI is InChI=1S/C49H36N4O4S/c54-46(37-16-8-3-9-17-37)52-43(32-33-20-22-35(23-21-33)34-12-4-1-5-13-34)47(55)50-40-28-30-41(31-29-40)58-45(36-14-6-2-7-15-36)48(56)51-39-26-24-38(25-27-39)49-53-42-18-10-11-19-44(42)57-49/h1-32,45H,(H,50,55)(H,51,56)(H,52,54)/b43-32-. The molecule has 0 spiro atoms. The molecule has 0 bridgehead atoms. The van der Waals surface area contributed by atoms with Gasteiger partial charge in [-0.15, -0.1) is 11.8 Å². The smallest absolute Gasteiger partial charge is 0.272 e. The zero-order valence-corrected chi connectivity index (χ0v) is 31.9. The number of oxazole rings is 1. The van der Waals surface area contributed by atoms with E-state index >= 15 is 0 Å². The van der Waals surface area contributed by atoms with Crippen molar-refractivity contribution in [1.82, 2.24) is 10.3 Å². The zero-order valence-electron chi connectivity index (χ0n) is 31.0. The van der Waals surface area contributed by atoms with Crippen LogP contribution in [0.4, 0.5) is 11.4 Å². The number of aromatic nitrogens is 1. The normalized spacial score (nSPS) is 11.8. The minimum atomic E-state index is -0.575. The summed E-state index contributed by atoms with van der Waals surface area (Å²) in [4.78, 5) is 46.2. The number of carbonyl (C=O) groups excluding carboxylic acids is 3. The Morgan fingerprint density at radius 3 is 1.83 bits per heavy atom. The Balaban J connectivity index is 0.968. The number of amides is 3. The van der Waals surface area contributed by atoms with E-state index in [0.717, 1.165) is 38.2 Å². The molecule has 1 unspecified atom stereocenters. The van der Waals surface area contributed by atoms with E-state index < -0.39 is 17.1 Å². The molecule has 0 saturated carbocycles. The van der Waals surface area contributed by atoms with Crippen LogP contribution in [-0.2, 0) is 9.59 Å². The van der Waals surface area contributed by atoms with Crippen LogP contribution in [0.3, 0.4) is 0 Å². The van der Waals surface area contributed by atoms with Crippen molar-refractivity contribution in [3.05, 3.63) is 210 Å². The van der Waals surface area contributed by atoms with E-state index in [4.69, 9.17) is 4.42 Å². The summed E-state index contributed by atoms with van der Waals surface area (Å²) in [6, 6.07) is 58.4. The lowest BCUT2D eigenvalue weighted by atomic mass is 10.0. The highest BCUT2D eigenvalue weighted by molar-refractivity contribution is 8.00. The molecule has 3 N–H and O–H groups in total. The molecule has 9 heteroatoms. The van der Waals surface area contributed by atoms with E-state index in [1.54, 1.807) is 42.5 Å². The van der Waals surface area contributed by atoms with E-state index in [2.05, 4.69) is 20.9 Å². The monoisotopic (exact) mass is 776 g/mol. The maximum atomic E-state index is 13.8. The minimum Gasteiger partial charge on any atom is -0.436 e. The van der Waals surface area contributed by atoms with Gasteiger partial charge in [-0.1, -0.05) is 115 Å². The molecular formula is C49H36N4O4S. The molecule has 7 aromatic carbocycles. The maximum Gasteiger partial charge on any atom is 0.272 e. The molecule has 0 aliphatic rings. The number of benzene rings is 7. The molecule has 1 atom stereocenters. The van der Waals surface area contributed by atoms with Crippen molar-refractivity contribution in [2.24, 2.45) is 0 Å². The summed E-state index contributed by atoms with van der Waals surface area (Å²) in [5.41, 5.74) is 7.66. The lowest BCUT2D eigenvalue weighted by Gasteiger charge is -2.18. The molecule has 1 aromatic heterocycles. The maximum absolute atomic E-state index is 13.8. The third-order valence-corrected chi connectivity index (χ3v) is 10.5. The third kappa shape index (κ3) is 9.13. The molecule has 0 fully saturated rings. The van der Waals surface area contributed by atoms with Gasteiger partial charge in [-0.3, -0.25) is 14.4 Å². The van der Waals surface area contributed by atoms with Gasteiger partial charge in [0.05, 0.1) is 0 Å². The Bertz CT molecular complexity index is 2670. The van der Waals surface area contributed by atoms with E-state index in [1.807, 2.05) is 152 Å². The van der Waals surface area contributed by atoms with Gasteiger partial charge in [-0.2, -0.15) is 0 Å². The van der Waals surface area contributed by atoms with Crippen LogP contribution in [0.1, 0.15) is 26.7 Å². The van der Waals surface area contributed by atoms with Crippen molar-refractivity contribution in [2.75, 3.05) is 10.6 Å². The predicted octanol–water partition coefficient (Wildman–Crippen LogP) is 11.0. The summed E-state index contributed by atoms with van der Waals surface area (Å²) >= 11 is 1.39. The molecule has 8 rings (SSSR count). The number of thioether (sulfide) groups is 1. The molecule has 282 valence electrons. The molecule has 0 aliphatic carbocycles. The molecule has 0 radical (unpaired) electrons. The summed E-state index contributed by atoms with van der Waals surface area (Å²) in [5.74, 6) is -0.571. The number of hydrogen-bond acceptors (Lipinski definition) is 6. The first-order valence-corrected chi connectivity index (χ1v) is 19.5. The lowest BCUT2D eigenvalue weighted by Crippen LogP contribution is -2.30. The number of nitrogens with one attached hydrogen (secondary N) is 3. The van der Waals surface area contributed by atoms with Crippen molar-refractivity contribution in [1.29, 1.82) is 0 Å². The van der Waals surface area contributed by atoms with Gasteiger partial charge in [0.15, 0.2) is 5.58 Å². The topological polar surface area (TPSA) is 113 Å². The largest absolute Gasteiger partial charge is 0.436 e. The van der Waals surface area contributed by atoms with Gasteiger partial charge >= 0.3 is 0 Å². The van der Waals surface area contributed by atoms with Crippen molar-refractivity contribution in [3.63, 3.8) is 0 Å². The van der Waals surface area contributed by atoms with E-state index in [0.29, 0.717) is 28.4 Å². The summed E-state index contributed by atoms with van der Waals surface area (Å²) in [6.07, 6.45) is 1.65.